The lowest BCUT2D eigenvalue weighted by molar-refractivity contribution is -0.130. The second kappa shape index (κ2) is 10.3. The first kappa shape index (κ1) is 24.4. The quantitative estimate of drug-likeness (QED) is 0.347. The average Bonchev–Trinajstić information content (AvgIpc) is 3.53. The minimum absolute atomic E-state index is 0.126. The van der Waals surface area contributed by atoms with E-state index < -0.39 is 16.2 Å². The highest BCUT2D eigenvalue weighted by Gasteiger charge is 2.43. The minimum atomic E-state index is -3.79. The van der Waals surface area contributed by atoms with Gasteiger partial charge >= 0.3 is 0 Å². The fourth-order valence-corrected chi connectivity index (χ4v) is 6.68. The van der Waals surface area contributed by atoms with Gasteiger partial charge in [0, 0.05) is 19.2 Å². The van der Waals surface area contributed by atoms with Crippen LogP contribution in [0.3, 0.4) is 0 Å². The first-order chi connectivity index (χ1) is 17.5. The molecular formula is C26H26N4O4S2. The summed E-state index contributed by atoms with van der Waals surface area (Å²) in [6, 6.07) is 23.2. The zero-order valence-electron chi connectivity index (χ0n) is 19.7. The van der Waals surface area contributed by atoms with Crippen LogP contribution in [0.4, 0.5) is 0 Å². The molecule has 1 aliphatic heterocycles. The van der Waals surface area contributed by atoms with E-state index in [1.807, 2.05) is 55.5 Å². The van der Waals surface area contributed by atoms with Gasteiger partial charge in [0.2, 0.25) is 15.9 Å². The standard InChI is InChI=1S/C26H26N4O4S2/c1-2-34-20-13-14-22-23(17-20)28-26(27-22)35-18-24(31)29-15-16-30(25(29)19-9-5-3-6-10-19)36(32,33)21-11-7-4-8-12-21/h3-14,17,25H,2,15-16,18H2,1H3,(H,27,28). The largest absolute Gasteiger partial charge is 0.494 e. The molecule has 1 atom stereocenters. The molecule has 1 aromatic heterocycles. The van der Waals surface area contributed by atoms with Crippen LogP contribution in [0.2, 0.25) is 0 Å². The van der Waals surface area contributed by atoms with Gasteiger partial charge in [-0.1, -0.05) is 60.3 Å². The van der Waals surface area contributed by atoms with E-state index in [1.54, 1.807) is 35.2 Å². The van der Waals surface area contributed by atoms with Crippen molar-refractivity contribution in [2.75, 3.05) is 25.4 Å². The van der Waals surface area contributed by atoms with Crippen LogP contribution >= 0.6 is 11.8 Å². The van der Waals surface area contributed by atoms with E-state index in [2.05, 4.69) is 9.97 Å². The van der Waals surface area contributed by atoms with Crippen LogP contribution in [-0.4, -0.2) is 58.9 Å². The van der Waals surface area contributed by atoms with Gasteiger partial charge < -0.3 is 14.6 Å². The molecule has 2 heterocycles. The van der Waals surface area contributed by atoms with Gasteiger partial charge in [-0.05, 0) is 36.8 Å². The van der Waals surface area contributed by atoms with E-state index in [0.717, 1.165) is 22.3 Å². The lowest BCUT2D eigenvalue weighted by atomic mass is 10.1. The Morgan fingerprint density at radius 2 is 1.78 bits per heavy atom. The van der Waals surface area contributed by atoms with Crippen LogP contribution in [0.25, 0.3) is 11.0 Å². The van der Waals surface area contributed by atoms with Crippen LogP contribution in [-0.2, 0) is 14.8 Å². The summed E-state index contributed by atoms with van der Waals surface area (Å²) in [6.45, 7) is 3.03. The molecule has 186 valence electrons. The van der Waals surface area contributed by atoms with Crippen molar-refractivity contribution < 1.29 is 17.9 Å². The van der Waals surface area contributed by atoms with E-state index >= 15 is 0 Å². The Kier molecular flexibility index (Phi) is 6.99. The first-order valence-corrected chi connectivity index (χ1v) is 14.1. The molecule has 1 saturated heterocycles. The number of ether oxygens (including phenoxy) is 1. The summed E-state index contributed by atoms with van der Waals surface area (Å²) >= 11 is 1.30. The molecule has 4 aromatic rings. The van der Waals surface area contributed by atoms with Crippen molar-refractivity contribution in [3.05, 3.63) is 84.4 Å². The molecule has 1 amide bonds. The Balaban J connectivity index is 1.37. The molecule has 1 aliphatic rings. The van der Waals surface area contributed by atoms with Crippen molar-refractivity contribution in [2.24, 2.45) is 0 Å². The number of nitrogens with one attached hydrogen (secondary N) is 1. The molecule has 10 heteroatoms. The lowest BCUT2D eigenvalue weighted by Crippen LogP contribution is -2.38. The van der Waals surface area contributed by atoms with Gasteiger partial charge in [0.15, 0.2) is 5.16 Å². The molecule has 5 rings (SSSR count). The van der Waals surface area contributed by atoms with Crippen molar-refractivity contribution in [2.45, 2.75) is 23.1 Å². The molecule has 0 saturated carbocycles. The SMILES string of the molecule is CCOc1ccc2nc(SCC(=O)N3CCN(S(=O)(=O)c4ccccc4)C3c3ccccc3)[nH]c2c1. The highest BCUT2D eigenvalue weighted by atomic mass is 32.2. The van der Waals surface area contributed by atoms with Crippen LogP contribution < -0.4 is 4.74 Å². The number of imidazole rings is 1. The van der Waals surface area contributed by atoms with E-state index in [1.165, 1.54) is 16.1 Å². The minimum Gasteiger partial charge on any atom is -0.494 e. The van der Waals surface area contributed by atoms with Gasteiger partial charge in [-0.3, -0.25) is 4.79 Å². The predicted octanol–water partition coefficient (Wildman–Crippen LogP) is 4.29. The molecule has 0 aliphatic carbocycles. The number of aromatic amines is 1. The molecule has 8 nitrogen and oxygen atoms in total. The Bertz CT molecular complexity index is 1460. The maximum atomic E-state index is 13.5. The number of carbonyl (C=O) groups excluding carboxylic acids is 1. The third-order valence-electron chi connectivity index (χ3n) is 5.97. The zero-order valence-corrected chi connectivity index (χ0v) is 21.3. The van der Waals surface area contributed by atoms with Gasteiger partial charge in [0.25, 0.3) is 0 Å². The molecule has 3 aromatic carbocycles. The third-order valence-corrected chi connectivity index (χ3v) is 8.70. The van der Waals surface area contributed by atoms with Crippen LogP contribution in [0.1, 0.15) is 18.7 Å². The smallest absolute Gasteiger partial charge is 0.245 e. The van der Waals surface area contributed by atoms with Crippen LogP contribution in [0.15, 0.2) is 88.9 Å². The van der Waals surface area contributed by atoms with Gasteiger partial charge in [-0.2, -0.15) is 4.31 Å². The molecule has 1 N–H and O–H groups in total. The number of nitrogens with zero attached hydrogens (tertiary/aromatic N) is 3. The summed E-state index contributed by atoms with van der Waals surface area (Å²) in [6.07, 6.45) is -0.714. The maximum Gasteiger partial charge on any atom is 0.245 e. The second-order valence-electron chi connectivity index (χ2n) is 8.24. The number of hydrogen-bond donors (Lipinski definition) is 1. The molecule has 0 bridgehead atoms. The van der Waals surface area contributed by atoms with Crippen molar-refractivity contribution in [1.29, 1.82) is 0 Å². The summed E-state index contributed by atoms with van der Waals surface area (Å²) < 4.78 is 33.9. The molecule has 1 unspecified atom stereocenters. The second-order valence-corrected chi connectivity index (χ2v) is 11.1. The van der Waals surface area contributed by atoms with Gasteiger partial charge in [0.05, 0.1) is 28.3 Å². The number of aromatic nitrogens is 2. The number of sulfonamides is 1. The number of H-pyrrole nitrogens is 1. The Morgan fingerprint density at radius 1 is 1.06 bits per heavy atom. The van der Waals surface area contributed by atoms with Crippen LogP contribution in [0, 0.1) is 0 Å². The highest BCUT2D eigenvalue weighted by Crippen LogP contribution is 2.35. The number of benzene rings is 3. The fraction of sp³-hybridized carbons (Fsp3) is 0.231. The normalized spacial score (nSPS) is 16.5. The molecular weight excluding hydrogens is 496 g/mol. The van der Waals surface area contributed by atoms with Crippen molar-refractivity contribution in [3.63, 3.8) is 0 Å². The van der Waals surface area contributed by atoms with Gasteiger partial charge in [-0.15, -0.1) is 0 Å². The summed E-state index contributed by atoms with van der Waals surface area (Å²) in [5.41, 5.74) is 2.37. The number of carbonyl (C=O) groups is 1. The third kappa shape index (κ3) is 4.84. The first-order valence-electron chi connectivity index (χ1n) is 11.6. The van der Waals surface area contributed by atoms with Crippen molar-refractivity contribution >= 4 is 38.7 Å². The van der Waals surface area contributed by atoms with Gasteiger partial charge in [-0.25, -0.2) is 13.4 Å². The zero-order chi connectivity index (χ0) is 25.1. The summed E-state index contributed by atoms with van der Waals surface area (Å²) in [5, 5.41) is 0.621. The summed E-state index contributed by atoms with van der Waals surface area (Å²) in [7, 11) is -3.79. The number of thioether (sulfide) groups is 1. The number of rotatable bonds is 8. The number of fused-ring (bicyclic) bond motifs is 1. The topological polar surface area (TPSA) is 95.6 Å². The lowest BCUT2D eigenvalue weighted by Gasteiger charge is -2.30. The maximum absolute atomic E-state index is 13.5. The van der Waals surface area contributed by atoms with Crippen LogP contribution in [0.5, 0.6) is 5.75 Å². The molecule has 1 fully saturated rings. The monoisotopic (exact) mass is 522 g/mol. The average molecular weight is 523 g/mol. The highest BCUT2D eigenvalue weighted by molar-refractivity contribution is 7.99. The fourth-order valence-electron chi connectivity index (χ4n) is 4.32. The predicted molar refractivity (Wildman–Crippen MR) is 139 cm³/mol. The molecule has 0 radical (unpaired) electrons. The Labute approximate surface area is 214 Å². The van der Waals surface area contributed by atoms with Crippen molar-refractivity contribution in [1.82, 2.24) is 19.2 Å². The molecule has 36 heavy (non-hydrogen) atoms. The van der Waals surface area contributed by atoms with E-state index in [4.69, 9.17) is 4.74 Å². The Morgan fingerprint density at radius 3 is 2.50 bits per heavy atom. The molecule has 0 spiro atoms. The van der Waals surface area contributed by atoms with Gasteiger partial charge in [0.1, 0.15) is 11.9 Å². The van der Waals surface area contributed by atoms with E-state index in [-0.39, 0.29) is 23.1 Å². The number of amides is 1. The summed E-state index contributed by atoms with van der Waals surface area (Å²) in [4.78, 5) is 23.0. The number of hydrogen-bond acceptors (Lipinski definition) is 6. The van der Waals surface area contributed by atoms with Crippen molar-refractivity contribution in [3.8, 4) is 5.75 Å². The summed E-state index contributed by atoms with van der Waals surface area (Å²) in [5.74, 6) is 0.722. The Hall–Kier alpha value is -3.34. The van der Waals surface area contributed by atoms with E-state index in [9.17, 15) is 13.2 Å². The van der Waals surface area contributed by atoms with E-state index in [0.29, 0.717) is 18.3 Å².